The number of aliphatic hydroxyl groups excluding tert-OH is 2. The molecule has 186 valence electrons. The Kier molecular flexibility index (Phi) is 14.7. The molecule has 0 aromatic rings. The normalized spacial score (nSPS) is 15.8. The highest BCUT2D eigenvalue weighted by molar-refractivity contribution is 7.85. The lowest BCUT2D eigenvalue weighted by atomic mass is 10.1. The Labute approximate surface area is 193 Å². The van der Waals surface area contributed by atoms with E-state index in [4.69, 9.17) is 4.55 Å². The molecule has 1 heterocycles. The first-order valence-corrected chi connectivity index (χ1v) is 13.7. The lowest BCUT2D eigenvalue weighted by Crippen LogP contribution is -2.40. The van der Waals surface area contributed by atoms with Gasteiger partial charge in [0.2, 0.25) is 5.78 Å². The number of ketones is 1. The molecule has 0 fully saturated rings. The predicted octanol–water partition coefficient (Wildman–Crippen LogP) is 2.39. The van der Waals surface area contributed by atoms with Gasteiger partial charge in [0, 0.05) is 6.42 Å². The standard InChI is InChI=1S/C23H42N2O6S/c1-2-3-4-5-6-7-8-9-10-11-12-13-14-22(28)23-24(17-18-26)15-16-25(23)19-21(27)20-32(29,30)31/h7-8,21,26-27H,2-6,9-20H2,1H3/p+1/b8-7+. The van der Waals surface area contributed by atoms with Crippen LogP contribution in [0.1, 0.15) is 77.6 Å². The Bertz CT molecular complexity index is 705. The van der Waals surface area contributed by atoms with Crippen LogP contribution in [0, 0.1) is 0 Å². The monoisotopic (exact) mass is 475 g/mol. The van der Waals surface area contributed by atoms with E-state index in [1.54, 1.807) is 9.48 Å². The average Bonchev–Trinajstić information content (AvgIpc) is 3.09. The van der Waals surface area contributed by atoms with Crippen molar-refractivity contribution in [3.63, 3.8) is 0 Å². The SMILES string of the molecule is CCCCCC/C=C/CCCCCCC(=O)C1=[N+](CC(O)CS(=O)(=O)O)CCN1CCO. The summed E-state index contributed by atoms with van der Waals surface area (Å²) in [5, 5.41) is 19.3. The molecular formula is C23H43N2O6S+. The van der Waals surface area contributed by atoms with E-state index in [1.165, 1.54) is 25.7 Å². The van der Waals surface area contributed by atoms with Crippen molar-refractivity contribution >= 4 is 21.7 Å². The Morgan fingerprint density at radius 3 is 2.31 bits per heavy atom. The van der Waals surface area contributed by atoms with E-state index < -0.39 is 22.0 Å². The number of hydrogen-bond donors (Lipinski definition) is 3. The van der Waals surface area contributed by atoms with Gasteiger partial charge < -0.3 is 10.2 Å². The van der Waals surface area contributed by atoms with Crippen LogP contribution < -0.4 is 0 Å². The van der Waals surface area contributed by atoms with E-state index in [2.05, 4.69) is 19.1 Å². The summed E-state index contributed by atoms with van der Waals surface area (Å²) in [7, 11) is -4.29. The molecule has 3 N–H and O–H groups in total. The maximum absolute atomic E-state index is 12.8. The van der Waals surface area contributed by atoms with Gasteiger partial charge in [-0.1, -0.05) is 51.2 Å². The van der Waals surface area contributed by atoms with Gasteiger partial charge in [-0.25, -0.2) is 0 Å². The summed E-state index contributed by atoms with van der Waals surface area (Å²) in [6.45, 7) is 3.39. The molecule has 0 aromatic carbocycles. The number of hydrogen-bond acceptors (Lipinski definition) is 6. The van der Waals surface area contributed by atoms with E-state index in [1.807, 2.05) is 0 Å². The van der Waals surface area contributed by atoms with Gasteiger partial charge in [-0.15, -0.1) is 0 Å². The molecule has 1 rings (SSSR count). The van der Waals surface area contributed by atoms with Gasteiger partial charge >= 0.3 is 5.84 Å². The number of Topliss-reactive ketones (excluding diaryl/α,β-unsaturated/α-hetero) is 1. The number of aliphatic hydroxyl groups is 2. The molecule has 1 atom stereocenters. The topological polar surface area (TPSA) is 118 Å². The summed E-state index contributed by atoms with van der Waals surface area (Å²) in [5.74, 6) is -0.389. The third-order valence-corrected chi connectivity index (χ3v) is 6.41. The van der Waals surface area contributed by atoms with Crippen LogP contribution in [0.25, 0.3) is 0 Å². The summed E-state index contributed by atoms with van der Waals surface area (Å²) in [5.41, 5.74) is 0. The molecule has 0 aliphatic carbocycles. The quantitative estimate of drug-likeness (QED) is 0.114. The molecular weight excluding hydrogens is 432 g/mol. The second-order valence-electron chi connectivity index (χ2n) is 8.58. The average molecular weight is 476 g/mol. The maximum Gasteiger partial charge on any atom is 0.316 e. The van der Waals surface area contributed by atoms with Crippen LogP contribution in [0.2, 0.25) is 0 Å². The third-order valence-electron chi connectivity index (χ3n) is 5.61. The summed E-state index contributed by atoms with van der Waals surface area (Å²) >= 11 is 0. The first-order valence-electron chi connectivity index (χ1n) is 12.1. The van der Waals surface area contributed by atoms with Crippen LogP contribution >= 0.6 is 0 Å². The largest absolute Gasteiger partial charge is 0.392 e. The van der Waals surface area contributed by atoms with Gasteiger partial charge in [-0.05, 0) is 32.1 Å². The molecule has 1 aliphatic heterocycles. The number of β-amino-alcohol motifs (C(OH)–C–C–N with tert-alkyl or cyclic N) is 2. The Morgan fingerprint density at radius 1 is 1.09 bits per heavy atom. The molecule has 1 aliphatic rings. The Hall–Kier alpha value is -1.29. The number of rotatable bonds is 19. The first-order chi connectivity index (χ1) is 15.3. The summed E-state index contributed by atoms with van der Waals surface area (Å²) in [4.78, 5) is 14.6. The predicted molar refractivity (Wildman–Crippen MR) is 127 cm³/mol. The molecule has 0 spiro atoms. The Morgan fingerprint density at radius 2 is 1.72 bits per heavy atom. The van der Waals surface area contributed by atoms with Crippen LogP contribution in [0.4, 0.5) is 0 Å². The molecule has 32 heavy (non-hydrogen) atoms. The van der Waals surface area contributed by atoms with Crippen molar-refractivity contribution in [3.05, 3.63) is 12.2 Å². The Balaban J connectivity index is 2.40. The first kappa shape index (κ1) is 28.7. The van der Waals surface area contributed by atoms with Gasteiger partial charge in [0.15, 0.2) is 0 Å². The number of allylic oxidation sites excluding steroid dienone is 2. The number of unbranched alkanes of at least 4 members (excludes halogenated alkanes) is 8. The van der Waals surface area contributed by atoms with E-state index in [0.717, 1.165) is 38.5 Å². The molecule has 0 amide bonds. The van der Waals surface area contributed by atoms with Crippen molar-refractivity contribution in [2.75, 3.05) is 38.5 Å². The number of amidine groups is 1. The minimum Gasteiger partial charge on any atom is -0.392 e. The van der Waals surface area contributed by atoms with Crippen LogP contribution in [0.5, 0.6) is 0 Å². The fourth-order valence-electron chi connectivity index (χ4n) is 4.01. The fraction of sp³-hybridized carbons (Fsp3) is 0.826. The van der Waals surface area contributed by atoms with Crippen molar-refractivity contribution in [2.45, 2.75) is 83.7 Å². The molecule has 9 heteroatoms. The lowest BCUT2D eigenvalue weighted by molar-refractivity contribution is -0.525. The van der Waals surface area contributed by atoms with Gasteiger partial charge in [-0.3, -0.25) is 18.8 Å². The van der Waals surface area contributed by atoms with E-state index in [0.29, 0.717) is 31.9 Å². The van der Waals surface area contributed by atoms with Crippen LogP contribution in [0.15, 0.2) is 12.2 Å². The number of carbonyl (C=O) groups excluding carboxylic acids is 1. The van der Waals surface area contributed by atoms with E-state index in [9.17, 15) is 23.4 Å². The molecule has 0 bridgehead atoms. The third kappa shape index (κ3) is 12.7. The van der Waals surface area contributed by atoms with Crippen molar-refractivity contribution < 1.29 is 32.6 Å². The molecule has 0 saturated heterocycles. The highest BCUT2D eigenvalue weighted by atomic mass is 32.2. The fourth-order valence-corrected chi connectivity index (χ4v) is 4.60. The van der Waals surface area contributed by atoms with Crippen LogP contribution in [-0.4, -0.2) is 88.9 Å². The van der Waals surface area contributed by atoms with Crippen molar-refractivity contribution in [2.24, 2.45) is 0 Å². The molecule has 1 unspecified atom stereocenters. The minimum absolute atomic E-state index is 0.0480. The summed E-state index contributed by atoms with van der Waals surface area (Å²) in [6, 6.07) is 0. The zero-order valence-electron chi connectivity index (χ0n) is 19.6. The molecule has 0 aromatic heterocycles. The minimum atomic E-state index is -4.29. The number of nitrogens with zero attached hydrogens (tertiary/aromatic N) is 2. The van der Waals surface area contributed by atoms with Gasteiger partial charge in [0.25, 0.3) is 10.1 Å². The van der Waals surface area contributed by atoms with Gasteiger partial charge in [0.05, 0.1) is 6.61 Å². The molecule has 8 nitrogen and oxygen atoms in total. The van der Waals surface area contributed by atoms with E-state index in [-0.39, 0.29) is 18.9 Å². The zero-order valence-corrected chi connectivity index (χ0v) is 20.4. The van der Waals surface area contributed by atoms with E-state index >= 15 is 0 Å². The van der Waals surface area contributed by atoms with Gasteiger partial charge in [0.1, 0.15) is 38.0 Å². The summed E-state index contributed by atoms with van der Waals surface area (Å²) in [6.07, 6.45) is 14.9. The second kappa shape index (κ2) is 16.3. The maximum atomic E-state index is 12.8. The zero-order chi connectivity index (χ0) is 23.8. The van der Waals surface area contributed by atoms with Crippen molar-refractivity contribution in [3.8, 4) is 0 Å². The smallest absolute Gasteiger partial charge is 0.316 e. The highest BCUT2D eigenvalue weighted by Crippen LogP contribution is 2.11. The van der Waals surface area contributed by atoms with Crippen LogP contribution in [0.3, 0.4) is 0 Å². The molecule has 0 radical (unpaired) electrons. The van der Waals surface area contributed by atoms with Gasteiger partial charge in [-0.2, -0.15) is 8.42 Å². The summed E-state index contributed by atoms with van der Waals surface area (Å²) < 4.78 is 32.6. The van der Waals surface area contributed by atoms with Crippen LogP contribution in [-0.2, 0) is 14.9 Å². The highest BCUT2D eigenvalue weighted by Gasteiger charge is 2.36. The van der Waals surface area contributed by atoms with Crippen molar-refractivity contribution in [1.82, 2.24) is 4.90 Å². The number of carbonyl (C=O) groups is 1. The van der Waals surface area contributed by atoms with Crippen molar-refractivity contribution in [1.29, 1.82) is 0 Å². The second-order valence-corrected chi connectivity index (χ2v) is 10.1. The molecule has 0 saturated carbocycles. The lowest BCUT2D eigenvalue weighted by Gasteiger charge is -2.13.